The topological polar surface area (TPSA) is 58.4 Å². The summed E-state index contributed by atoms with van der Waals surface area (Å²) in [5.41, 5.74) is 8.79. The average molecular weight is 376 g/mol. The molecule has 6 heteroatoms. The first-order valence-electron chi connectivity index (χ1n) is 8.38. The largest absolute Gasteiger partial charge is 0.355 e. The van der Waals surface area contributed by atoms with Gasteiger partial charge in [-0.3, -0.25) is 9.69 Å². The number of nitrogens with two attached hydrogens (primary N) is 1. The number of nitrogens with zero attached hydrogens (tertiary/aromatic N) is 1. The summed E-state index contributed by atoms with van der Waals surface area (Å²) >= 11 is 0. The number of carbonyl (C=O) groups is 1. The van der Waals surface area contributed by atoms with Crippen molar-refractivity contribution in [3.8, 4) is 0 Å². The number of hydrogen-bond donors (Lipinski definition) is 2. The van der Waals surface area contributed by atoms with Gasteiger partial charge in [-0.25, -0.2) is 0 Å². The van der Waals surface area contributed by atoms with E-state index in [0.717, 1.165) is 38.9 Å². The molecule has 3 N–H and O–H groups in total. The van der Waals surface area contributed by atoms with E-state index >= 15 is 0 Å². The van der Waals surface area contributed by atoms with Crippen LogP contribution in [0.15, 0.2) is 24.3 Å². The van der Waals surface area contributed by atoms with Crippen molar-refractivity contribution in [2.24, 2.45) is 11.7 Å². The summed E-state index contributed by atoms with van der Waals surface area (Å²) in [6, 6.07) is 8.29. The molecule has 0 aliphatic carbocycles. The van der Waals surface area contributed by atoms with E-state index in [2.05, 4.69) is 48.3 Å². The van der Waals surface area contributed by atoms with Crippen molar-refractivity contribution < 1.29 is 4.79 Å². The maximum atomic E-state index is 11.8. The Morgan fingerprint density at radius 1 is 1.25 bits per heavy atom. The van der Waals surface area contributed by atoms with E-state index in [9.17, 15) is 4.79 Å². The van der Waals surface area contributed by atoms with E-state index in [1.807, 2.05) is 0 Å². The summed E-state index contributed by atoms with van der Waals surface area (Å²) in [4.78, 5) is 14.3. The van der Waals surface area contributed by atoms with Crippen molar-refractivity contribution in [1.29, 1.82) is 0 Å². The molecule has 138 valence electrons. The Morgan fingerprint density at radius 3 is 2.58 bits per heavy atom. The number of nitrogens with one attached hydrogen (secondary N) is 1. The molecular formula is C18H31Cl2N3O. The monoisotopic (exact) mass is 375 g/mol. The smallest absolute Gasteiger partial charge is 0.236 e. The van der Waals surface area contributed by atoms with E-state index in [1.54, 1.807) is 0 Å². The predicted octanol–water partition coefficient (Wildman–Crippen LogP) is 2.77. The maximum Gasteiger partial charge on any atom is 0.236 e. The van der Waals surface area contributed by atoms with Crippen LogP contribution in [0, 0.1) is 5.92 Å². The van der Waals surface area contributed by atoms with Crippen molar-refractivity contribution >= 4 is 30.7 Å². The molecule has 1 aromatic carbocycles. The van der Waals surface area contributed by atoms with Gasteiger partial charge in [0.2, 0.25) is 5.91 Å². The fraction of sp³-hybridized carbons (Fsp3) is 0.611. The van der Waals surface area contributed by atoms with Gasteiger partial charge in [-0.2, -0.15) is 0 Å². The lowest BCUT2D eigenvalue weighted by atomic mass is 10.00. The average Bonchev–Trinajstić information content (AvgIpc) is 2.50. The first kappa shape index (κ1) is 23.2. The van der Waals surface area contributed by atoms with Crippen molar-refractivity contribution in [2.45, 2.75) is 45.7 Å². The van der Waals surface area contributed by atoms with Crippen molar-refractivity contribution in [2.75, 3.05) is 19.6 Å². The number of hydrogen-bond acceptors (Lipinski definition) is 3. The van der Waals surface area contributed by atoms with Crippen LogP contribution in [-0.4, -0.2) is 36.5 Å². The van der Waals surface area contributed by atoms with E-state index in [-0.39, 0.29) is 36.8 Å². The van der Waals surface area contributed by atoms with Crippen LogP contribution in [0.4, 0.5) is 0 Å². The lowest BCUT2D eigenvalue weighted by Gasteiger charge is -2.28. The fourth-order valence-electron chi connectivity index (χ4n) is 3.01. The highest BCUT2D eigenvalue weighted by Gasteiger charge is 2.16. The highest BCUT2D eigenvalue weighted by Crippen LogP contribution is 2.18. The van der Waals surface area contributed by atoms with E-state index in [1.165, 1.54) is 11.1 Å². The summed E-state index contributed by atoms with van der Waals surface area (Å²) in [6.07, 6.45) is 2.85. The third-order valence-electron chi connectivity index (χ3n) is 4.22. The predicted molar refractivity (Wildman–Crippen MR) is 105 cm³/mol. The first-order valence-corrected chi connectivity index (χ1v) is 8.38. The molecule has 0 fully saturated rings. The minimum Gasteiger partial charge on any atom is -0.355 e. The zero-order valence-electron chi connectivity index (χ0n) is 14.7. The summed E-state index contributed by atoms with van der Waals surface area (Å²) in [6.45, 7) is 8.04. The molecule has 1 aromatic rings. The fourth-order valence-corrected chi connectivity index (χ4v) is 3.01. The molecule has 1 aliphatic rings. The second-order valence-corrected chi connectivity index (χ2v) is 6.68. The summed E-state index contributed by atoms with van der Waals surface area (Å²) < 4.78 is 0. The Labute approximate surface area is 158 Å². The SMILES string of the molecule is CC(C)C[C@H](N)C(=O)NCCCN1CCc2ccccc2C1.Cl.Cl. The van der Waals surface area contributed by atoms with Crippen LogP contribution >= 0.6 is 24.8 Å². The molecule has 4 nitrogen and oxygen atoms in total. The van der Waals surface area contributed by atoms with Crippen LogP contribution < -0.4 is 11.1 Å². The summed E-state index contributed by atoms with van der Waals surface area (Å²) in [5, 5.41) is 2.96. The van der Waals surface area contributed by atoms with Crippen LogP contribution in [0.3, 0.4) is 0 Å². The number of fused-ring (bicyclic) bond motifs is 1. The quantitative estimate of drug-likeness (QED) is 0.720. The van der Waals surface area contributed by atoms with Crippen LogP contribution in [-0.2, 0) is 17.8 Å². The van der Waals surface area contributed by atoms with E-state index < -0.39 is 0 Å². The second-order valence-electron chi connectivity index (χ2n) is 6.68. The molecule has 0 saturated heterocycles. The lowest BCUT2D eigenvalue weighted by molar-refractivity contribution is -0.122. The molecule has 0 saturated carbocycles. The number of carbonyl (C=O) groups excluding carboxylic acids is 1. The standard InChI is InChI=1S/C18H29N3O.2ClH/c1-14(2)12-17(19)18(22)20-9-5-10-21-11-8-15-6-3-4-7-16(15)13-21;;/h3-4,6-7,14,17H,5,8-13,19H2,1-2H3,(H,20,22);2*1H/t17-;;/m0../s1. The zero-order chi connectivity index (χ0) is 15.9. The van der Waals surface area contributed by atoms with E-state index in [4.69, 9.17) is 5.73 Å². The second kappa shape index (κ2) is 11.7. The minimum atomic E-state index is -0.373. The third-order valence-corrected chi connectivity index (χ3v) is 4.22. The number of halogens is 2. The van der Waals surface area contributed by atoms with E-state index in [0.29, 0.717) is 12.5 Å². The normalized spacial score (nSPS) is 15.0. The molecule has 2 rings (SSSR count). The molecule has 0 spiro atoms. The summed E-state index contributed by atoms with van der Waals surface area (Å²) in [5.74, 6) is 0.437. The van der Waals surface area contributed by atoms with Crippen LogP contribution in [0.1, 0.15) is 37.8 Å². The van der Waals surface area contributed by atoms with Gasteiger partial charge in [0, 0.05) is 26.2 Å². The molecule has 1 aliphatic heterocycles. The Hall–Kier alpha value is -0.810. The third kappa shape index (κ3) is 7.39. The summed E-state index contributed by atoms with van der Waals surface area (Å²) in [7, 11) is 0. The minimum absolute atomic E-state index is 0. The number of amides is 1. The molecule has 1 heterocycles. The van der Waals surface area contributed by atoms with Gasteiger partial charge >= 0.3 is 0 Å². The van der Waals surface area contributed by atoms with Crippen molar-refractivity contribution in [3.63, 3.8) is 0 Å². The first-order chi connectivity index (χ1) is 10.6. The van der Waals surface area contributed by atoms with Crippen LogP contribution in [0.5, 0.6) is 0 Å². The van der Waals surface area contributed by atoms with Crippen molar-refractivity contribution in [3.05, 3.63) is 35.4 Å². The number of benzene rings is 1. The molecule has 0 bridgehead atoms. The number of rotatable bonds is 7. The Balaban J connectivity index is 0.00000264. The Morgan fingerprint density at radius 2 is 1.92 bits per heavy atom. The van der Waals surface area contributed by atoms with Gasteiger partial charge in [-0.15, -0.1) is 24.8 Å². The molecular weight excluding hydrogens is 345 g/mol. The molecule has 0 radical (unpaired) electrons. The highest BCUT2D eigenvalue weighted by atomic mass is 35.5. The molecule has 0 unspecified atom stereocenters. The van der Waals surface area contributed by atoms with Gasteiger partial charge in [0.25, 0.3) is 0 Å². The zero-order valence-corrected chi connectivity index (χ0v) is 16.3. The Bertz CT molecular complexity index is 497. The van der Waals surface area contributed by atoms with Crippen LogP contribution in [0.2, 0.25) is 0 Å². The van der Waals surface area contributed by atoms with Crippen molar-refractivity contribution in [1.82, 2.24) is 10.2 Å². The Kier molecular flexibility index (Phi) is 11.3. The van der Waals surface area contributed by atoms with Gasteiger partial charge in [-0.1, -0.05) is 38.1 Å². The molecule has 1 atom stereocenters. The molecule has 0 aromatic heterocycles. The molecule has 1 amide bonds. The van der Waals surface area contributed by atoms with Gasteiger partial charge in [-0.05, 0) is 36.3 Å². The van der Waals surface area contributed by atoms with Gasteiger partial charge < -0.3 is 11.1 Å². The van der Waals surface area contributed by atoms with Gasteiger partial charge in [0.15, 0.2) is 0 Å². The van der Waals surface area contributed by atoms with Crippen LogP contribution in [0.25, 0.3) is 0 Å². The van der Waals surface area contributed by atoms with Gasteiger partial charge in [0.05, 0.1) is 6.04 Å². The van der Waals surface area contributed by atoms with Gasteiger partial charge in [0.1, 0.15) is 0 Å². The highest BCUT2D eigenvalue weighted by molar-refractivity contribution is 5.85. The maximum absolute atomic E-state index is 11.8. The molecule has 24 heavy (non-hydrogen) atoms. The lowest BCUT2D eigenvalue weighted by Crippen LogP contribution is -2.42.